The molecule has 2 unspecified atom stereocenters. The predicted octanol–water partition coefficient (Wildman–Crippen LogP) is 1.45. The number of carboxylic acid groups (broad SMARTS) is 1. The van der Waals surface area contributed by atoms with Gasteiger partial charge in [0, 0.05) is 32.2 Å². The number of urea groups is 1. The second-order valence-electron chi connectivity index (χ2n) is 5.12. The number of carboxylic acids is 1. The van der Waals surface area contributed by atoms with Crippen molar-refractivity contribution in [2.75, 3.05) is 19.7 Å². The number of hydrogen-bond acceptors (Lipinski definition) is 3. The molecular formula is C13H24N2O4. The van der Waals surface area contributed by atoms with Crippen molar-refractivity contribution in [3.8, 4) is 0 Å². The number of carbonyl (C=O) groups is 2. The van der Waals surface area contributed by atoms with E-state index in [-0.39, 0.29) is 24.6 Å². The van der Waals surface area contributed by atoms with E-state index in [4.69, 9.17) is 9.84 Å². The standard InChI is InChI=1S/C13H24N2O4/c1-10(5-3-6-12(16)17)14-13(18)15-7-4-8-19-11(2)9-15/h10-11H,3-9H2,1-2H3,(H,14,18)(H,16,17). The second-order valence-corrected chi connectivity index (χ2v) is 5.12. The van der Waals surface area contributed by atoms with Gasteiger partial charge in [-0.15, -0.1) is 0 Å². The van der Waals surface area contributed by atoms with Crippen molar-refractivity contribution in [3.63, 3.8) is 0 Å². The fourth-order valence-electron chi connectivity index (χ4n) is 2.11. The summed E-state index contributed by atoms with van der Waals surface area (Å²) in [6, 6.07) is -0.0912. The van der Waals surface area contributed by atoms with Gasteiger partial charge in [-0.25, -0.2) is 4.79 Å². The maximum absolute atomic E-state index is 12.0. The number of hydrogen-bond donors (Lipinski definition) is 2. The highest BCUT2D eigenvalue weighted by molar-refractivity contribution is 5.74. The minimum Gasteiger partial charge on any atom is -0.481 e. The molecule has 0 aliphatic carbocycles. The minimum atomic E-state index is -0.794. The molecule has 2 N–H and O–H groups in total. The van der Waals surface area contributed by atoms with Crippen LogP contribution < -0.4 is 5.32 Å². The summed E-state index contributed by atoms with van der Waals surface area (Å²) in [5.41, 5.74) is 0. The molecule has 0 bridgehead atoms. The molecule has 1 rings (SSSR count). The molecule has 0 aromatic heterocycles. The molecule has 0 aromatic carbocycles. The van der Waals surface area contributed by atoms with E-state index in [1.807, 2.05) is 13.8 Å². The first-order valence-corrected chi connectivity index (χ1v) is 6.88. The van der Waals surface area contributed by atoms with Gasteiger partial charge >= 0.3 is 12.0 Å². The zero-order valence-corrected chi connectivity index (χ0v) is 11.7. The van der Waals surface area contributed by atoms with Crippen molar-refractivity contribution in [1.82, 2.24) is 10.2 Å². The van der Waals surface area contributed by atoms with E-state index in [0.29, 0.717) is 32.5 Å². The minimum absolute atomic E-state index is 0.00803. The largest absolute Gasteiger partial charge is 0.481 e. The molecule has 0 spiro atoms. The molecule has 1 aliphatic heterocycles. The first kappa shape index (κ1) is 15.8. The Labute approximate surface area is 114 Å². The third-order valence-corrected chi connectivity index (χ3v) is 3.14. The smallest absolute Gasteiger partial charge is 0.317 e. The summed E-state index contributed by atoms with van der Waals surface area (Å²) in [7, 11) is 0. The number of amides is 2. The Morgan fingerprint density at radius 3 is 2.95 bits per heavy atom. The third kappa shape index (κ3) is 6.42. The Morgan fingerprint density at radius 1 is 1.53 bits per heavy atom. The zero-order valence-electron chi connectivity index (χ0n) is 11.7. The molecule has 2 atom stereocenters. The lowest BCUT2D eigenvalue weighted by Gasteiger charge is -2.24. The van der Waals surface area contributed by atoms with Gasteiger partial charge in [-0.05, 0) is 33.1 Å². The third-order valence-electron chi connectivity index (χ3n) is 3.14. The van der Waals surface area contributed by atoms with Crippen LogP contribution in [0.25, 0.3) is 0 Å². The average Bonchev–Trinajstić information content (AvgIpc) is 2.53. The van der Waals surface area contributed by atoms with E-state index in [9.17, 15) is 9.59 Å². The normalized spacial score (nSPS) is 21.6. The Balaban J connectivity index is 2.30. The number of rotatable bonds is 5. The van der Waals surface area contributed by atoms with Gasteiger partial charge in [0.15, 0.2) is 0 Å². The Bertz CT molecular complexity index is 309. The van der Waals surface area contributed by atoms with Gasteiger partial charge in [0.25, 0.3) is 0 Å². The quantitative estimate of drug-likeness (QED) is 0.794. The van der Waals surface area contributed by atoms with Crippen LogP contribution >= 0.6 is 0 Å². The molecule has 1 aliphatic rings. The van der Waals surface area contributed by atoms with Crippen molar-refractivity contribution in [1.29, 1.82) is 0 Å². The van der Waals surface area contributed by atoms with Crippen LogP contribution in [-0.2, 0) is 9.53 Å². The summed E-state index contributed by atoms with van der Waals surface area (Å²) in [4.78, 5) is 24.2. The summed E-state index contributed by atoms with van der Waals surface area (Å²) in [6.07, 6.45) is 2.32. The van der Waals surface area contributed by atoms with Gasteiger partial charge in [0.1, 0.15) is 0 Å². The van der Waals surface area contributed by atoms with Crippen LogP contribution in [0.15, 0.2) is 0 Å². The van der Waals surface area contributed by atoms with Crippen LogP contribution in [0, 0.1) is 0 Å². The number of nitrogens with zero attached hydrogens (tertiary/aromatic N) is 1. The summed E-state index contributed by atoms with van der Waals surface area (Å²) in [5.74, 6) is -0.794. The van der Waals surface area contributed by atoms with Crippen LogP contribution in [0.2, 0.25) is 0 Å². The monoisotopic (exact) mass is 272 g/mol. The van der Waals surface area contributed by atoms with Gasteiger partial charge in [0.2, 0.25) is 0 Å². The van der Waals surface area contributed by atoms with E-state index >= 15 is 0 Å². The Morgan fingerprint density at radius 2 is 2.26 bits per heavy atom. The maximum Gasteiger partial charge on any atom is 0.317 e. The average molecular weight is 272 g/mol. The highest BCUT2D eigenvalue weighted by atomic mass is 16.5. The van der Waals surface area contributed by atoms with Crippen LogP contribution in [0.3, 0.4) is 0 Å². The molecule has 2 amide bonds. The molecule has 1 fully saturated rings. The fourth-order valence-corrected chi connectivity index (χ4v) is 2.11. The van der Waals surface area contributed by atoms with Gasteiger partial charge < -0.3 is 20.1 Å². The van der Waals surface area contributed by atoms with Crippen molar-refractivity contribution >= 4 is 12.0 Å². The highest BCUT2D eigenvalue weighted by Gasteiger charge is 2.20. The van der Waals surface area contributed by atoms with Crippen LogP contribution in [-0.4, -0.2) is 53.8 Å². The maximum atomic E-state index is 12.0. The van der Waals surface area contributed by atoms with Crippen LogP contribution in [0.5, 0.6) is 0 Å². The first-order valence-electron chi connectivity index (χ1n) is 6.88. The number of aliphatic carboxylic acids is 1. The van der Waals surface area contributed by atoms with Crippen molar-refractivity contribution in [3.05, 3.63) is 0 Å². The summed E-state index contributed by atoms with van der Waals surface area (Å²) in [6.45, 7) is 5.87. The van der Waals surface area contributed by atoms with Gasteiger partial charge in [-0.2, -0.15) is 0 Å². The topological polar surface area (TPSA) is 78.9 Å². The predicted molar refractivity (Wildman–Crippen MR) is 71.1 cm³/mol. The Hall–Kier alpha value is -1.30. The number of nitrogens with one attached hydrogen (secondary N) is 1. The number of ether oxygens (including phenoxy) is 1. The molecule has 0 saturated carbocycles. The van der Waals surface area contributed by atoms with Crippen LogP contribution in [0.1, 0.15) is 39.5 Å². The van der Waals surface area contributed by atoms with Crippen LogP contribution in [0.4, 0.5) is 4.79 Å². The zero-order chi connectivity index (χ0) is 14.3. The lowest BCUT2D eigenvalue weighted by molar-refractivity contribution is -0.137. The molecule has 1 saturated heterocycles. The molecule has 110 valence electrons. The number of carbonyl (C=O) groups excluding carboxylic acids is 1. The van der Waals surface area contributed by atoms with E-state index in [0.717, 1.165) is 6.42 Å². The summed E-state index contributed by atoms with van der Waals surface area (Å²) in [5, 5.41) is 11.5. The Kier molecular flexibility index (Phi) is 6.62. The van der Waals surface area contributed by atoms with Crippen molar-refractivity contribution < 1.29 is 19.4 Å². The van der Waals surface area contributed by atoms with Crippen molar-refractivity contribution in [2.45, 2.75) is 51.7 Å². The lowest BCUT2D eigenvalue weighted by atomic mass is 10.1. The van der Waals surface area contributed by atoms with E-state index in [2.05, 4.69) is 5.32 Å². The SMILES string of the molecule is CC(CCCC(=O)O)NC(=O)N1CCCOC(C)C1. The molecule has 6 nitrogen and oxygen atoms in total. The summed E-state index contributed by atoms with van der Waals surface area (Å²) < 4.78 is 5.49. The second kappa shape index (κ2) is 7.99. The van der Waals surface area contributed by atoms with Gasteiger partial charge in [0.05, 0.1) is 6.10 Å². The molecule has 0 aromatic rings. The van der Waals surface area contributed by atoms with Gasteiger partial charge in [-0.3, -0.25) is 4.79 Å². The van der Waals surface area contributed by atoms with E-state index < -0.39 is 5.97 Å². The molecule has 6 heteroatoms. The van der Waals surface area contributed by atoms with Gasteiger partial charge in [-0.1, -0.05) is 0 Å². The highest BCUT2D eigenvalue weighted by Crippen LogP contribution is 2.07. The lowest BCUT2D eigenvalue weighted by Crippen LogP contribution is -2.46. The first-order chi connectivity index (χ1) is 8.99. The molecule has 1 heterocycles. The van der Waals surface area contributed by atoms with E-state index in [1.54, 1.807) is 4.90 Å². The van der Waals surface area contributed by atoms with E-state index in [1.165, 1.54) is 0 Å². The molecular weight excluding hydrogens is 248 g/mol. The summed E-state index contributed by atoms with van der Waals surface area (Å²) >= 11 is 0. The fraction of sp³-hybridized carbons (Fsp3) is 0.846. The van der Waals surface area contributed by atoms with Crippen molar-refractivity contribution in [2.24, 2.45) is 0 Å². The molecule has 0 radical (unpaired) electrons. The molecule has 19 heavy (non-hydrogen) atoms.